The van der Waals surface area contributed by atoms with Crippen molar-refractivity contribution in [1.82, 2.24) is 19.7 Å². The van der Waals surface area contributed by atoms with Crippen molar-refractivity contribution >= 4 is 11.6 Å². The SMILES string of the molecule is O=C(c1cc(-c2ccco2)[nH]n1)N1CCC2(CC1)Nc1ccccc1-n1cccc12. The Morgan fingerprint density at radius 1 is 1.07 bits per heavy atom. The van der Waals surface area contributed by atoms with Crippen LogP contribution in [0.25, 0.3) is 17.1 Å². The van der Waals surface area contributed by atoms with E-state index >= 15 is 0 Å². The van der Waals surface area contributed by atoms with E-state index in [2.05, 4.69) is 62.7 Å². The van der Waals surface area contributed by atoms with Crippen LogP contribution in [0.4, 0.5) is 5.69 Å². The number of aromatic amines is 1. The third-order valence-corrected chi connectivity index (χ3v) is 6.26. The minimum atomic E-state index is -0.167. The molecule has 3 aromatic heterocycles. The highest BCUT2D eigenvalue weighted by Gasteiger charge is 2.42. The Hall–Kier alpha value is -3.74. The van der Waals surface area contributed by atoms with E-state index in [1.807, 2.05) is 17.0 Å². The minimum Gasteiger partial charge on any atom is -0.463 e. The number of hydrogen-bond donors (Lipinski definition) is 2. The largest absolute Gasteiger partial charge is 0.463 e. The molecule has 0 bridgehead atoms. The van der Waals surface area contributed by atoms with Crippen molar-refractivity contribution in [2.24, 2.45) is 0 Å². The number of aromatic nitrogens is 3. The van der Waals surface area contributed by atoms with Crippen molar-refractivity contribution in [3.8, 4) is 17.1 Å². The number of para-hydroxylation sites is 2. The molecule has 4 aromatic rings. The number of likely N-dealkylation sites (tertiary alicyclic amines) is 1. The summed E-state index contributed by atoms with van der Waals surface area (Å²) in [6, 6.07) is 18.1. The van der Waals surface area contributed by atoms with E-state index in [4.69, 9.17) is 4.42 Å². The fraction of sp³-hybridized carbons (Fsp3) is 0.217. The van der Waals surface area contributed by atoms with Crippen LogP contribution in [0.2, 0.25) is 0 Å². The van der Waals surface area contributed by atoms with Gasteiger partial charge in [-0.05, 0) is 49.2 Å². The van der Waals surface area contributed by atoms with Crippen LogP contribution in [0.15, 0.2) is 71.5 Å². The van der Waals surface area contributed by atoms with E-state index in [-0.39, 0.29) is 11.4 Å². The van der Waals surface area contributed by atoms with Gasteiger partial charge in [0.05, 0.1) is 23.2 Å². The summed E-state index contributed by atoms with van der Waals surface area (Å²) in [4.78, 5) is 14.9. The number of nitrogens with one attached hydrogen (secondary N) is 2. The molecule has 2 N–H and O–H groups in total. The lowest BCUT2D eigenvalue weighted by Crippen LogP contribution is -2.51. The normalized spacial score (nSPS) is 16.7. The number of carbonyl (C=O) groups excluding carboxylic acids is 1. The van der Waals surface area contributed by atoms with Crippen LogP contribution < -0.4 is 5.32 Å². The van der Waals surface area contributed by atoms with Gasteiger partial charge >= 0.3 is 0 Å². The first kappa shape index (κ1) is 17.1. The summed E-state index contributed by atoms with van der Waals surface area (Å²) in [5.74, 6) is 0.621. The fourth-order valence-corrected chi connectivity index (χ4v) is 4.72. The first-order chi connectivity index (χ1) is 14.7. The molecule has 1 aromatic carbocycles. The first-order valence-electron chi connectivity index (χ1n) is 10.2. The molecule has 0 saturated carbocycles. The van der Waals surface area contributed by atoms with Crippen LogP contribution >= 0.6 is 0 Å². The predicted octanol–water partition coefficient (Wildman–Crippen LogP) is 4.02. The van der Waals surface area contributed by atoms with E-state index < -0.39 is 0 Å². The van der Waals surface area contributed by atoms with Gasteiger partial charge in [-0.25, -0.2) is 0 Å². The Morgan fingerprint density at radius 3 is 2.77 bits per heavy atom. The first-order valence-corrected chi connectivity index (χ1v) is 10.2. The molecule has 0 unspecified atom stereocenters. The number of anilines is 1. The average molecular weight is 399 g/mol. The number of amides is 1. The molecule has 7 heteroatoms. The number of nitrogens with zero attached hydrogens (tertiary/aromatic N) is 3. The van der Waals surface area contributed by atoms with Gasteiger partial charge in [-0.3, -0.25) is 9.89 Å². The van der Waals surface area contributed by atoms with E-state index in [9.17, 15) is 4.79 Å². The van der Waals surface area contributed by atoms with Crippen molar-refractivity contribution in [3.63, 3.8) is 0 Å². The van der Waals surface area contributed by atoms with E-state index in [1.54, 1.807) is 12.3 Å². The monoisotopic (exact) mass is 399 g/mol. The molecule has 6 rings (SSSR count). The highest BCUT2D eigenvalue weighted by atomic mass is 16.3. The third kappa shape index (κ3) is 2.51. The van der Waals surface area contributed by atoms with Gasteiger partial charge in [0.15, 0.2) is 11.5 Å². The van der Waals surface area contributed by atoms with Gasteiger partial charge in [0.25, 0.3) is 5.91 Å². The van der Waals surface area contributed by atoms with Gasteiger partial charge in [0.2, 0.25) is 0 Å². The summed E-state index contributed by atoms with van der Waals surface area (Å²) in [7, 11) is 0. The Kier molecular flexibility index (Phi) is 3.65. The van der Waals surface area contributed by atoms with Crippen LogP contribution in [0.1, 0.15) is 29.0 Å². The molecule has 1 amide bonds. The molecular weight excluding hydrogens is 378 g/mol. The number of fused-ring (bicyclic) bond motifs is 4. The maximum Gasteiger partial charge on any atom is 0.274 e. The van der Waals surface area contributed by atoms with Gasteiger partial charge in [0, 0.05) is 31.0 Å². The molecule has 30 heavy (non-hydrogen) atoms. The average Bonchev–Trinajstić information content (AvgIpc) is 3.55. The summed E-state index contributed by atoms with van der Waals surface area (Å²) in [6.45, 7) is 1.34. The molecule has 7 nitrogen and oxygen atoms in total. The smallest absolute Gasteiger partial charge is 0.274 e. The van der Waals surface area contributed by atoms with Crippen LogP contribution in [0.3, 0.4) is 0 Å². The fourth-order valence-electron chi connectivity index (χ4n) is 4.72. The molecule has 1 fully saturated rings. The van der Waals surface area contributed by atoms with Crippen LogP contribution in [-0.2, 0) is 5.54 Å². The zero-order valence-electron chi connectivity index (χ0n) is 16.3. The minimum absolute atomic E-state index is 0.0505. The molecule has 0 radical (unpaired) electrons. The second kappa shape index (κ2) is 6.38. The summed E-state index contributed by atoms with van der Waals surface area (Å²) in [6.07, 6.45) is 5.40. The quantitative estimate of drug-likeness (QED) is 0.534. The van der Waals surface area contributed by atoms with Gasteiger partial charge in [-0.2, -0.15) is 5.10 Å². The van der Waals surface area contributed by atoms with E-state index in [0.717, 1.165) is 18.5 Å². The third-order valence-electron chi connectivity index (χ3n) is 6.26. The molecule has 150 valence electrons. The predicted molar refractivity (Wildman–Crippen MR) is 112 cm³/mol. The highest BCUT2D eigenvalue weighted by molar-refractivity contribution is 5.93. The molecule has 2 aliphatic heterocycles. The van der Waals surface area contributed by atoms with Crippen molar-refractivity contribution in [1.29, 1.82) is 0 Å². The molecule has 1 saturated heterocycles. The number of furan rings is 1. The lowest BCUT2D eigenvalue weighted by atomic mass is 9.82. The summed E-state index contributed by atoms with van der Waals surface area (Å²) < 4.78 is 7.65. The molecule has 5 heterocycles. The van der Waals surface area contributed by atoms with Crippen LogP contribution in [0.5, 0.6) is 0 Å². The number of carbonyl (C=O) groups is 1. The molecule has 0 aliphatic carbocycles. The van der Waals surface area contributed by atoms with Crippen molar-refractivity contribution in [3.05, 3.63) is 78.4 Å². The van der Waals surface area contributed by atoms with Gasteiger partial charge < -0.3 is 19.2 Å². The number of benzene rings is 1. The number of piperidine rings is 1. The second-order valence-corrected chi connectivity index (χ2v) is 7.92. The zero-order valence-corrected chi connectivity index (χ0v) is 16.3. The Morgan fingerprint density at radius 2 is 1.93 bits per heavy atom. The van der Waals surface area contributed by atoms with Crippen LogP contribution in [-0.4, -0.2) is 38.7 Å². The lowest BCUT2D eigenvalue weighted by molar-refractivity contribution is 0.0670. The lowest BCUT2D eigenvalue weighted by Gasteiger charge is -2.46. The number of hydrogen-bond acceptors (Lipinski definition) is 4. The summed E-state index contributed by atoms with van der Waals surface area (Å²) in [5.41, 5.74) is 4.52. The topological polar surface area (TPSA) is 79.1 Å². The second-order valence-electron chi connectivity index (χ2n) is 7.92. The van der Waals surface area contributed by atoms with Crippen molar-refractivity contribution in [2.75, 3.05) is 18.4 Å². The molecule has 1 spiro atoms. The maximum atomic E-state index is 13.0. The standard InChI is InChI=1S/C23H21N5O2/c29-22(18-15-17(25-26-18)20-7-4-14-30-20)27-12-9-23(10-13-27)21-8-3-11-28(21)19-6-2-1-5-16(19)24-23/h1-8,11,14-15,24H,9-10,12-13H2,(H,25,26). The molecule has 2 aliphatic rings. The van der Waals surface area contributed by atoms with Gasteiger partial charge in [-0.1, -0.05) is 12.1 Å². The molecular formula is C23H21N5O2. The highest BCUT2D eigenvalue weighted by Crippen LogP contribution is 2.43. The van der Waals surface area contributed by atoms with Crippen LogP contribution in [0, 0.1) is 0 Å². The Labute approximate surface area is 173 Å². The number of H-pyrrole nitrogens is 1. The van der Waals surface area contributed by atoms with Gasteiger partial charge in [-0.15, -0.1) is 0 Å². The van der Waals surface area contributed by atoms with E-state index in [0.29, 0.717) is 30.2 Å². The summed E-state index contributed by atoms with van der Waals surface area (Å²) in [5, 5.41) is 10.9. The van der Waals surface area contributed by atoms with Gasteiger partial charge in [0.1, 0.15) is 5.69 Å². The Balaban J connectivity index is 1.23. The van der Waals surface area contributed by atoms with Crippen molar-refractivity contribution < 1.29 is 9.21 Å². The Bertz CT molecular complexity index is 1210. The molecule has 0 atom stereocenters. The maximum absolute atomic E-state index is 13.0. The number of rotatable bonds is 2. The van der Waals surface area contributed by atoms with E-state index in [1.165, 1.54) is 11.4 Å². The zero-order chi connectivity index (χ0) is 20.1. The van der Waals surface area contributed by atoms with Crippen molar-refractivity contribution in [2.45, 2.75) is 18.4 Å². The summed E-state index contributed by atoms with van der Waals surface area (Å²) >= 11 is 0.